The molecule has 6 heterocycles. The number of hydrogen-bond donors (Lipinski definition) is 2. The van der Waals surface area contributed by atoms with Crippen molar-refractivity contribution in [3.8, 4) is 11.6 Å². The number of ether oxygens (including phenoxy) is 2. The van der Waals surface area contributed by atoms with E-state index in [1.807, 2.05) is 36.7 Å². The monoisotopic (exact) mass is 656 g/mol. The number of pyridine rings is 3. The number of rotatable bonds is 8. The van der Waals surface area contributed by atoms with Crippen molar-refractivity contribution in [3.05, 3.63) is 76.1 Å². The molecule has 7 rings (SSSR count). The van der Waals surface area contributed by atoms with Crippen LogP contribution in [0.4, 0.5) is 21.6 Å². The summed E-state index contributed by atoms with van der Waals surface area (Å²) in [5.74, 6) is 1.08. The molecular weight excluding hydrogens is 611 g/mol. The van der Waals surface area contributed by atoms with Gasteiger partial charge in [0.05, 0.1) is 35.9 Å². The van der Waals surface area contributed by atoms with Crippen molar-refractivity contribution in [2.45, 2.75) is 70.9 Å². The third kappa shape index (κ3) is 6.26. The topological polar surface area (TPSA) is 114 Å². The molecule has 1 unspecified atom stereocenters. The lowest BCUT2D eigenvalue weighted by Crippen LogP contribution is -2.54. The molecule has 0 amide bonds. The predicted octanol–water partition coefficient (Wildman–Crippen LogP) is 4.33. The molecule has 48 heavy (non-hydrogen) atoms. The van der Waals surface area contributed by atoms with E-state index in [0.717, 1.165) is 37.2 Å². The van der Waals surface area contributed by atoms with Gasteiger partial charge < -0.3 is 34.9 Å². The summed E-state index contributed by atoms with van der Waals surface area (Å²) in [7, 11) is 1.61. The Morgan fingerprint density at radius 3 is 2.65 bits per heavy atom. The molecule has 0 bridgehead atoms. The van der Waals surface area contributed by atoms with E-state index in [0.29, 0.717) is 72.4 Å². The maximum Gasteiger partial charge on any atom is 0.213 e. The highest BCUT2D eigenvalue weighted by Gasteiger charge is 2.33. The SMILES string of the molecule is COc1cc(CN(Cc2cn3c4c(c(N5C[C@@H](C)N[C@@H](C)C5)c(F)cc4c2=O)OCC3C)[C@H]2CCCN(c3ccc(N)nc3)C2)ccn1. The van der Waals surface area contributed by atoms with E-state index >= 15 is 4.39 Å². The highest BCUT2D eigenvalue weighted by molar-refractivity contribution is 5.92. The van der Waals surface area contributed by atoms with Gasteiger partial charge in [-0.15, -0.1) is 0 Å². The summed E-state index contributed by atoms with van der Waals surface area (Å²) < 4.78 is 30.0. The lowest BCUT2D eigenvalue weighted by Gasteiger charge is -2.41. The Morgan fingerprint density at radius 1 is 1.08 bits per heavy atom. The average molecular weight is 657 g/mol. The number of nitrogens with zero attached hydrogens (tertiary/aromatic N) is 6. The lowest BCUT2D eigenvalue weighted by molar-refractivity contribution is 0.157. The third-order valence-electron chi connectivity index (χ3n) is 9.91. The highest BCUT2D eigenvalue weighted by Crippen LogP contribution is 2.42. The standard InChI is InChI=1S/C36H45FN8O3/c1-22-15-44(16-23(2)41-22)34-30(37)13-29-33-36(34)48-21-24(3)45(33)19-26(35(29)46)18-43(17-25-9-10-39-32(12-25)47-4)28-6-5-11-42(20-28)27-7-8-31(38)40-14-27/h7-10,12-14,19,22-24,28,41H,5-6,11,15-18,20-21H2,1-4H3,(H2,38,40)/t22-,23+,24?,28-/m0/s1. The van der Waals surface area contributed by atoms with E-state index in [-0.39, 0.29) is 29.6 Å². The Balaban J connectivity index is 1.28. The van der Waals surface area contributed by atoms with Gasteiger partial charge in [-0.1, -0.05) is 0 Å². The second-order valence-corrected chi connectivity index (χ2v) is 13.7. The molecule has 4 atom stereocenters. The van der Waals surface area contributed by atoms with Gasteiger partial charge in [0.1, 0.15) is 18.1 Å². The zero-order chi connectivity index (χ0) is 33.5. The molecule has 2 saturated heterocycles. The van der Waals surface area contributed by atoms with Crippen LogP contribution in [0.25, 0.3) is 10.9 Å². The van der Waals surface area contributed by atoms with Gasteiger partial charge in [-0.3, -0.25) is 9.69 Å². The number of nitrogens with two attached hydrogens (primary N) is 1. The molecule has 0 radical (unpaired) electrons. The van der Waals surface area contributed by atoms with Crippen LogP contribution in [0.1, 0.15) is 50.8 Å². The first-order valence-corrected chi connectivity index (χ1v) is 16.9. The fraction of sp³-hybridized carbons (Fsp3) is 0.472. The molecule has 3 N–H and O–H groups in total. The Bertz CT molecular complexity index is 1840. The molecule has 0 saturated carbocycles. The van der Waals surface area contributed by atoms with Crippen LogP contribution in [-0.4, -0.2) is 77.5 Å². The fourth-order valence-electron chi connectivity index (χ4n) is 7.68. The fourth-order valence-corrected chi connectivity index (χ4v) is 7.68. The summed E-state index contributed by atoms with van der Waals surface area (Å²) in [4.78, 5) is 29.7. The summed E-state index contributed by atoms with van der Waals surface area (Å²) in [5.41, 5.74) is 9.51. The van der Waals surface area contributed by atoms with Gasteiger partial charge in [-0.05, 0) is 63.4 Å². The number of nitrogen functional groups attached to an aromatic ring is 1. The van der Waals surface area contributed by atoms with Crippen LogP contribution in [-0.2, 0) is 13.1 Å². The number of benzene rings is 1. The van der Waals surface area contributed by atoms with E-state index in [1.54, 1.807) is 13.3 Å². The number of hydrogen-bond acceptors (Lipinski definition) is 10. The van der Waals surface area contributed by atoms with Gasteiger partial charge in [0.2, 0.25) is 5.88 Å². The van der Waals surface area contributed by atoms with E-state index in [4.69, 9.17) is 15.2 Å². The van der Waals surface area contributed by atoms with Gasteiger partial charge in [0, 0.05) is 81.4 Å². The summed E-state index contributed by atoms with van der Waals surface area (Å²) >= 11 is 0. The van der Waals surface area contributed by atoms with Crippen LogP contribution >= 0.6 is 0 Å². The minimum absolute atomic E-state index is 0.0281. The van der Waals surface area contributed by atoms with E-state index in [1.165, 1.54) is 6.07 Å². The largest absolute Gasteiger partial charge is 0.487 e. The molecule has 3 aromatic heterocycles. The van der Waals surface area contributed by atoms with Crippen molar-refractivity contribution in [1.29, 1.82) is 0 Å². The summed E-state index contributed by atoms with van der Waals surface area (Å²) in [5, 5.41) is 3.88. The molecule has 254 valence electrons. The van der Waals surface area contributed by atoms with Crippen LogP contribution in [0.5, 0.6) is 11.6 Å². The second kappa shape index (κ2) is 13.2. The molecule has 1 aromatic carbocycles. The van der Waals surface area contributed by atoms with Crippen molar-refractivity contribution < 1.29 is 13.9 Å². The maximum absolute atomic E-state index is 16.2. The third-order valence-corrected chi connectivity index (χ3v) is 9.91. The summed E-state index contributed by atoms with van der Waals surface area (Å²) in [6.07, 6.45) is 7.51. The molecule has 0 aliphatic carbocycles. The number of anilines is 3. The van der Waals surface area contributed by atoms with Gasteiger partial charge in [-0.2, -0.15) is 0 Å². The van der Waals surface area contributed by atoms with Crippen LogP contribution < -0.4 is 35.8 Å². The van der Waals surface area contributed by atoms with Crippen molar-refractivity contribution in [2.75, 3.05) is 55.4 Å². The first-order valence-electron chi connectivity index (χ1n) is 16.9. The zero-order valence-corrected chi connectivity index (χ0v) is 28.2. The Hall–Kier alpha value is -4.42. The van der Waals surface area contributed by atoms with E-state index in [2.05, 4.69) is 55.3 Å². The number of nitrogens with one attached hydrogen (secondary N) is 1. The quantitative estimate of drug-likeness (QED) is 0.284. The van der Waals surface area contributed by atoms with Crippen LogP contribution in [0.15, 0.2) is 53.7 Å². The van der Waals surface area contributed by atoms with Crippen molar-refractivity contribution in [1.82, 2.24) is 24.8 Å². The Labute approximate surface area is 280 Å². The molecule has 11 nitrogen and oxygen atoms in total. The average Bonchev–Trinajstić information content (AvgIpc) is 3.07. The molecule has 12 heteroatoms. The van der Waals surface area contributed by atoms with E-state index < -0.39 is 5.82 Å². The second-order valence-electron chi connectivity index (χ2n) is 13.7. The normalized spacial score (nSPS) is 22.6. The zero-order valence-electron chi connectivity index (χ0n) is 28.2. The van der Waals surface area contributed by atoms with Gasteiger partial charge in [0.25, 0.3) is 0 Å². The lowest BCUT2D eigenvalue weighted by atomic mass is 10.0. The number of methoxy groups -OCH3 is 1. The summed E-state index contributed by atoms with van der Waals surface area (Å²) in [6.45, 7) is 10.6. The van der Waals surface area contributed by atoms with Crippen LogP contribution in [0.3, 0.4) is 0 Å². The van der Waals surface area contributed by atoms with Crippen LogP contribution in [0.2, 0.25) is 0 Å². The number of aromatic nitrogens is 3. The van der Waals surface area contributed by atoms with Gasteiger partial charge in [-0.25, -0.2) is 14.4 Å². The number of halogens is 1. The highest BCUT2D eigenvalue weighted by atomic mass is 19.1. The number of piperidine rings is 1. The van der Waals surface area contributed by atoms with Gasteiger partial charge >= 0.3 is 0 Å². The van der Waals surface area contributed by atoms with Crippen molar-refractivity contribution in [2.24, 2.45) is 0 Å². The van der Waals surface area contributed by atoms with Crippen molar-refractivity contribution in [3.63, 3.8) is 0 Å². The first-order chi connectivity index (χ1) is 23.2. The Kier molecular flexibility index (Phi) is 8.86. The molecule has 2 fully saturated rings. The van der Waals surface area contributed by atoms with Gasteiger partial charge in [0.15, 0.2) is 17.0 Å². The first kappa shape index (κ1) is 32.1. The van der Waals surface area contributed by atoms with Crippen LogP contribution in [0, 0.1) is 5.82 Å². The molecule has 3 aliphatic heterocycles. The molecular formula is C36H45FN8O3. The molecule has 0 spiro atoms. The maximum atomic E-state index is 16.2. The molecule has 3 aliphatic rings. The smallest absolute Gasteiger partial charge is 0.213 e. The van der Waals surface area contributed by atoms with E-state index in [9.17, 15) is 4.79 Å². The summed E-state index contributed by atoms with van der Waals surface area (Å²) in [6, 6.07) is 9.70. The number of piperazine rings is 1. The Morgan fingerprint density at radius 2 is 1.90 bits per heavy atom. The minimum atomic E-state index is -0.421. The van der Waals surface area contributed by atoms with Crippen molar-refractivity contribution >= 4 is 28.1 Å². The predicted molar refractivity (Wildman–Crippen MR) is 187 cm³/mol. The molecule has 4 aromatic rings. The minimum Gasteiger partial charge on any atom is -0.487 e.